The van der Waals surface area contributed by atoms with Gasteiger partial charge < -0.3 is 26.0 Å². The van der Waals surface area contributed by atoms with Gasteiger partial charge in [-0.05, 0) is 66.6 Å². The standard InChI is InChI=1S/C31H30F6N4O/c1-20(42-3)39-28-19-22(15-17-26(28)41-24-12-8-5-9-13-24)29(30(32,33)34,31(35,36)37)21-14-16-25(27(18-21)38-2)40-23-10-6-4-7-11-23/h4-20,38-41H,1-3H3. The summed E-state index contributed by atoms with van der Waals surface area (Å²) in [4.78, 5) is 0. The van der Waals surface area contributed by atoms with E-state index in [9.17, 15) is 0 Å². The molecule has 1 unspecified atom stereocenters. The van der Waals surface area contributed by atoms with Crippen molar-refractivity contribution in [3.05, 3.63) is 108 Å². The Morgan fingerprint density at radius 2 is 1.02 bits per heavy atom. The lowest BCUT2D eigenvalue weighted by Crippen LogP contribution is -2.54. The highest BCUT2D eigenvalue weighted by atomic mass is 19.4. The Labute approximate surface area is 239 Å². The summed E-state index contributed by atoms with van der Waals surface area (Å²) in [6.45, 7) is 1.58. The van der Waals surface area contributed by atoms with Gasteiger partial charge in [0.1, 0.15) is 6.23 Å². The summed E-state index contributed by atoms with van der Waals surface area (Å²) in [5.41, 5.74) is -4.50. The first kappa shape index (κ1) is 30.6. The van der Waals surface area contributed by atoms with Crippen LogP contribution in [0.25, 0.3) is 0 Å². The molecule has 0 saturated carbocycles. The van der Waals surface area contributed by atoms with Crippen LogP contribution in [-0.4, -0.2) is 32.7 Å². The van der Waals surface area contributed by atoms with E-state index in [1.165, 1.54) is 26.3 Å². The predicted molar refractivity (Wildman–Crippen MR) is 155 cm³/mol. The molecule has 5 nitrogen and oxygen atoms in total. The second-order valence-electron chi connectivity index (χ2n) is 9.52. The molecule has 11 heteroatoms. The number of anilines is 6. The van der Waals surface area contributed by atoms with E-state index in [0.717, 1.165) is 24.3 Å². The van der Waals surface area contributed by atoms with Crippen LogP contribution in [0.2, 0.25) is 0 Å². The highest BCUT2D eigenvalue weighted by molar-refractivity contribution is 5.78. The first-order valence-electron chi connectivity index (χ1n) is 12.9. The average molecular weight is 589 g/mol. The van der Waals surface area contributed by atoms with Crippen LogP contribution in [0.4, 0.5) is 60.5 Å². The van der Waals surface area contributed by atoms with Gasteiger partial charge in [0.25, 0.3) is 0 Å². The highest BCUT2D eigenvalue weighted by Gasteiger charge is 2.72. The zero-order chi connectivity index (χ0) is 30.5. The van der Waals surface area contributed by atoms with Crippen molar-refractivity contribution in [3.8, 4) is 0 Å². The van der Waals surface area contributed by atoms with E-state index in [1.807, 2.05) is 0 Å². The van der Waals surface area contributed by atoms with E-state index in [2.05, 4.69) is 21.3 Å². The predicted octanol–water partition coefficient (Wildman–Crippen LogP) is 9.03. The lowest BCUT2D eigenvalue weighted by atomic mass is 9.72. The summed E-state index contributed by atoms with van der Waals surface area (Å²) in [5.74, 6) is 0. The molecule has 0 aromatic heterocycles. The van der Waals surface area contributed by atoms with Gasteiger partial charge in [-0.25, -0.2) is 0 Å². The van der Waals surface area contributed by atoms with Crippen molar-refractivity contribution < 1.29 is 31.1 Å². The minimum Gasteiger partial charge on any atom is -0.386 e. The molecule has 4 rings (SSSR count). The molecule has 0 fully saturated rings. The molecule has 0 amide bonds. The zero-order valence-corrected chi connectivity index (χ0v) is 23.0. The van der Waals surface area contributed by atoms with Crippen LogP contribution in [0.3, 0.4) is 0 Å². The Hall–Kier alpha value is -4.38. The van der Waals surface area contributed by atoms with E-state index < -0.39 is 35.1 Å². The fraction of sp³-hybridized carbons (Fsp3) is 0.226. The average Bonchev–Trinajstić information content (AvgIpc) is 2.95. The third-order valence-electron chi connectivity index (χ3n) is 6.84. The molecule has 0 radical (unpaired) electrons. The van der Waals surface area contributed by atoms with Gasteiger partial charge in [-0.2, -0.15) is 26.3 Å². The smallest absolute Gasteiger partial charge is 0.386 e. The van der Waals surface area contributed by atoms with Crippen molar-refractivity contribution in [1.29, 1.82) is 0 Å². The minimum atomic E-state index is -5.76. The van der Waals surface area contributed by atoms with Gasteiger partial charge in [-0.1, -0.05) is 48.5 Å². The molecule has 0 saturated heterocycles. The number of hydrogen-bond donors (Lipinski definition) is 4. The Morgan fingerprint density at radius 3 is 1.43 bits per heavy atom. The number of hydrogen-bond acceptors (Lipinski definition) is 5. The third-order valence-corrected chi connectivity index (χ3v) is 6.84. The lowest BCUT2D eigenvalue weighted by Gasteiger charge is -2.39. The molecule has 0 aliphatic rings. The van der Waals surface area contributed by atoms with Gasteiger partial charge in [-0.3, -0.25) is 0 Å². The van der Waals surface area contributed by atoms with Crippen molar-refractivity contribution in [2.45, 2.75) is 30.9 Å². The fourth-order valence-corrected chi connectivity index (χ4v) is 4.71. The Bertz CT molecular complexity index is 1460. The van der Waals surface area contributed by atoms with Crippen molar-refractivity contribution in [3.63, 3.8) is 0 Å². The Kier molecular flexibility index (Phi) is 8.91. The minimum absolute atomic E-state index is 0.000201. The number of rotatable bonds is 10. The summed E-state index contributed by atoms with van der Waals surface area (Å²) in [6.07, 6.45) is -12.2. The van der Waals surface area contributed by atoms with Crippen LogP contribution in [0.1, 0.15) is 18.1 Å². The SMILES string of the molecule is CNc1cc(C(c2ccc(Nc3ccccc3)c(NC(C)OC)c2)(C(F)(F)F)C(F)(F)F)ccc1Nc1ccccc1. The summed E-state index contributed by atoms with van der Waals surface area (Å²) in [6, 6.07) is 23.3. The summed E-state index contributed by atoms with van der Waals surface area (Å²) in [7, 11) is 2.79. The number of nitrogens with one attached hydrogen (secondary N) is 4. The number of ether oxygens (including phenoxy) is 1. The number of benzene rings is 4. The second-order valence-corrected chi connectivity index (χ2v) is 9.52. The van der Waals surface area contributed by atoms with Crippen LogP contribution < -0.4 is 21.3 Å². The molecule has 0 bridgehead atoms. The molecule has 4 aromatic carbocycles. The molecule has 4 N–H and O–H groups in total. The van der Waals surface area contributed by atoms with E-state index in [-0.39, 0.29) is 17.1 Å². The molecule has 0 spiro atoms. The van der Waals surface area contributed by atoms with Gasteiger partial charge >= 0.3 is 12.4 Å². The monoisotopic (exact) mass is 588 g/mol. The maximum absolute atomic E-state index is 15.0. The van der Waals surface area contributed by atoms with Crippen molar-refractivity contribution in [2.75, 3.05) is 35.4 Å². The summed E-state index contributed by atoms with van der Waals surface area (Å²) in [5, 5.41) is 11.7. The van der Waals surface area contributed by atoms with Gasteiger partial charge in [0, 0.05) is 25.5 Å². The van der Waals surface area contributed by atoms with Crippen LogP contribution in [0.15, 0.2) is 97.1 Å². The molecule has 0 aliphatic heterocycles. The number of para-hydroxylation sites is 2. The van der Waals surface area contributed by atoms with Gasteiger partial charge in [0.15, 0.2) is 0 Å². The van der Waals surface area contributed by atoms with Crippen molar-refractivity contribution >= 4 is 34.1 Å². The quantitative estimate of drug-likeness (QED) is 0.110. The topological polar surface area (TPSA) is 57.3 Å². The molecular weight excluding hydrogens is 558 g/mol. The fourth-order valence-electron chi connectivity index (χ4n) is 4.71. The van der Waals surface area contributed by atoms with Crippen LogP contribution >= 0.6 is 0 Å². The van der Waals surface area contributed by atoms with Gasteiger partial charge in [-0.15, -0.1) is 0 Å². The Morgan fingerprint density at radius 1 is 0.595 bits per heavy atom. The van der Waals surface area contributed by atoms with Crippen molar-refractivity contribution in [2.24, 2.45) is 0 Å². The van der Waals surface area contributed by atoms with Crippen LogP contribution in [0, 0.1) is 0 Å². The highest BCUT2D eigenvalue weighted by Crippen LogP contribution is 2.57. The normalized spacial score (nSPS) is 12.9. The number of halogens is 6. The second kappa shape index (κ2) is 12.2. The molecule has 0 aliphatic carbocycles. The molecular formula is C31H30F6N4O. The largest absolute Gasteiger partial charge is 0.411 e. The lowest BCUT2D eigenvalue weighted by molar-refractivity contribution is -0.288. The van der Waals surface area contributed by atoms with Crippen LogP contribution in [-0.2, 0) is 10.2 Å². The third kappa shape index (κ3) is 6.11. The Balaban J connectivity index is 1.91. The molecule has 1 atom stereocenters. The maximum atomic E-state index is 15.0. The van der Waals surface area contributed by atoms with Crippen molar-refractivity contribution in [1.82, 2.24) is 0 Å². The molecule has 42 heavy (non-hydrogen) atoms. The first-order chi connectivity index (χ1) is 19.9. The molecule has 222 valence electrons. The van der Waals surface area contributed by atoms with E-state index in [4.69, 9.17) is 4.74 Å². The molecule has 0 heterocycles. The van der Waals surface area contributed by atoms with Crippen LogP contribution in [0.5, 0.6) is 0 Å². The number of alkyl halides is 6. The van der Waals surface area contributed by atoms with E-state index in [1.54, 1.807) is 67.6 Å². The summed E-state index contributed by atoms with van der Waals surface area (Å²) >= 11 is 0. The van der Waals surface area contributed by atoms with E-state index in [0.29, 0.717) is 17.1 Å². The van der Waals surface area contributed by atoms with Gasteiger partial charge in [0.2, 0.25) is 5.41 Å². The van der Waals surface area contributed by atoms with E-state index >= 15 is 26.3 Å². The zero-order valence-electron chi connectivity index (χ0n) is 23.0. The maximum Gasteiger partial charge on any atom is 0.411 e. The van der Waals surface area contributed by atoms with Gasteiger partial charge in [0.05, 0.1) is 22.7 Å². The summed E-state index contributed by atoms with van der Waals surface area (Å²) < 4.78 is 95.3. The first-order valence-corrected chi connectivity index (χ1v) is 12.9. The number of methoxy groups -OCH3 is 1. The molecule has 4 aromatic rings.